The van der Waals surface area contributed by atoms with Crippen LogP contribution in [0.3, 0.4) is 0 Å². The number of furan rings is 2. The second-order valence-electron chi connectivity index (χ2n) is 2.22. The third-order valence-electron chi connectivity index (χ3n) is 1.51. The van der Waals surface area contributed by atoms with E-state index in [2.05, 4.69) is 12.6 Å². The van der Waals surface area contributed by atoms with Crippen molar-refractivity contribution in [3.05, 3.63) is 17.7 Å². The minimum Gasteiger partial charge on any atom is -0.478 e. The molecular weight excluding hydrogens is 164 g/mol. The van der Waals surface area contributed by atoms with E-state index in [0.29, 0.717) is 16.1 Å². The summed E-state index contributed by atoms with van der Waals surface area (Å²) in [7, 11) is 0. The number of hydrogen-bond acceptors (Lipinski definition) is 3. The second-order valence-corrected chi connectivity index (χ2v) is 2.71. The molecule has 2 bridgehead atoms. The van der Waals surface area contributed by atoms with Gasteiger partial charge in [0, 0.05) is 6.07 Å². The molecule has 4 heteroatoms. The fraction of sp³-hybridized carbons (Fsp3) is 0. The maximum absolute atomic E-state index is 10.5. The number of rotatable bonds is 1. The molecule has 0 amide bonds. The Kier molecular flexibility index (Phi) is 1.14. The topological polar surface area (TPSA) is 50.4 Å². The van der Waals surface area contributed by atoms with Gasteiger partial charge < -0.3 is 9.52 Å². The number of thiol groups is 1. The molecule has 0 radical (unpaired) electrons. The van der Waals surface area contributed by atoms with Gasteiger partial charge in [0.2, 0.25) is 0 Å². The summed E-state index contributed by atoms with van der Waals surface area (Å²) in [5.74, 6) is -0.966. The Bertz CT molecular complexity index is 404. The van der Waals surface area contributed by atoms with Gasteiger partial charge in [-0.05, 0) is 6.07 Å². The van der Waals surface area contributed by atoms with Gasteiger partial charge in [-0.2, -0.15) is 0 Å². The first-order chi connectivity index (χ1) is 5.18. The molecule has 0 aliphatic heterocycles. The van der Waals surface area contributed by atoms with E-state index in [1.54, 1.807) is 6.07 Å². The number of aromatic carboxylic acids is 1. The average Bonchev–Trinajstić information content (AvgIpc) is 2.43. The predicted octanol–water partition coefficient (Wildman–Crippen LogP) is 1.86. The molecule has 0 spiro atoms. The first-order valence-electron chi connectivity index (χ1n) is 2.96. The largest absolute Gasteiger partial charge is 0.478 e. The maximum Gasteiger partial charge on any atom is 0.339 e. The van der Waals surface area contributed by atoms with E-state index in [1.807, 2.05) is 0 Å². The lowest BCUT2D eigenvalue weighted by atomic mass is 10.2. The fourth-order valence-electron chi connectivity index (χ4n) is 1.00. The average molecular weight is 168 g/mol. The Morgan fingerprint density at radius 1 is 1.45 bits per heavy atom. The highest BCUT2D eigenvalue weighted by atomic mass is 32.1. The highest BCUT2D eigenvalue weighted by molar-refractivity contribution is 7.80. The summed E-state index contributed by atoms with van der Waals surface area (Å²) in [5, 5.41) is 8.58. The molecule has 3 nitrogen and oxygen atoms in total. The number of benzene rings is 1. The van der Waals surface area contributed by atoms with E-state index in [1.165, 1.54) is 6.07 Å². The summed E-state index contributed by atoms with van der Waals surface area (Å²) in [4.78, 5) is 11.1. The Balaban J connectivity index is 2.72. The second kappa shape index (κ2) is 1.92. The molecule has 0 aliphatic rings. The fourth-order valence-corrected chi connectivity index (χ4v) is 1.23. The normalized spacial score (nSPS) is 11.0. The van der Waals surface area contributed by atoms with Crippen LogP contribution < -0.4 is 0 Å². The van der Waals surface area contributed by atoms with Gasteiger partial charge in [0.25, 0.3) is 0 Å². The van der Waals surface area contributed by atoms with Gasteiger partial charge in [0.15, 0.2) is 0 Å². The molecule has 11 heavy (non-hydrogen) atoms. The molecule has 0 fully saturated rings. The van der Waals surface area contributed by atoms with Crippen LogP contribution in [0.2, 0.25) is 0 Å². The summed E-state index contributed by atoms with van der Waals surface area (Å²) in [6.45, 7) is 0. The predicted molar refractivity (Wildman–Crippen MR) is 41.6 cm³/mol. The van der Waals surface area contributed by atoms with Gasteiger partial charge in [-0.25, -0.2) is 4.79 Å². The first-order valence-corrected chi connectivity index (χ1v) is 3.41. The monoisotopic (exact) mass is 168 g/mol. The zero-order chi connectivity index (χ0) is 8.01. The number of carbonyl (C=O) groups is 1. The van der Waals surface area contributed by atoms with Gasteiger partial charge >= 0.3 is 5.97 Å². The summed E-state index contributed by atoms with van der Waals surface area (Å²) in [6, 6.07) is 3.07. The van der Waals surface area contributed by atoms with Crippen molar-refractivity contribution in [2.45, 2.75) is 4.90 Å². The lowest BCUT2D eigenvalue weighted by Gasteiger charge is -1.86. The van der Waals surface area contributed by atoms with Crippen molar-refractivity contribution < 1.29 is 14.3 Å². The minimum absolute atomic E-state index is 0.206. The van der Waals surface area contributed by atoms with Gasteiger partial charge in [-0.15, -0.1) is 12.6 Å². The Hall–Kier alpha value is -1.16. The molecule has 2 heterocycles. The lowest BCUT2D eigenvalue weighted by Crippen LogP contribution is -1.93. The van der Waals surface area contributed by atoms with Crippen LogP contribution in [0.4, 0.5) is 0 Å². The molecule has 1 N–H and O–H groups in total. The summed E-state index contributed by atoms with van der Waals surface area (Å²) in [5.41, 5.74) is 1.12. The van der Waals surface area contributed by atoms with Crippen molar-refractivity contribution in [1.29, 1.82) is 0 Å². The molecule has 0 unspecified atom stereocenters. The zero-order valence-electron chi connectivity index (χ0n) is 5.37. The highest BCUT2D eigenvalue weighted by Gasteiger charge is 2.15. The van der Waals surface area contributed by atoms with E-state index < -0.39 is 5.97 Å². The van der Waals surface area contributed by atoms with Crippen molar-refractivity contribution in [2.24, 2.45) is 0 Å². The Morgan fingerprint density at radius 3 is 2.55 bits per heavy atom. The third kappa shape index (κ3) is 0.793. The third-order valence-corrected chi connectivity index (χ3v) is 1.86. The van der Waals surface area contributed by atoms with Crippen LogP contribution in [0.5, 0.6) is 0 Å². The van der Waals surface area contributed by atoms with Crippen LogP contribution in [0.15, 0.2) is 21.4 Å². The smallest absolute Gasteiger partial charge is 0.339 e. The van der Waals surface area contributed by atoms with Crippen molar-refractivity contribution in [3.63, 3.8) is 0 Å². The van der Waals surface area contributed by atoms with Crippen LogP contribution in [-0.2, 0) is 0 Å². The first kappa shape index (κ1) is 6.54. The van der Waals surface area contributed by atoms with Gasteiger partial charge in [0.05, 0.1) is 4.90 Å². The summed E-state index contributed by atoms with van der Waals surface area (Å²) in [6.07, 6.45) is 0. The highest BCUT2D eigenvalue weighted by Crippen LogP contribution is 2.28. The van der Waals surface area contributed by atoms with E-state index in [9.17, 15) is 4.79 Å². The molecule has 0 saturated carbocycles. The number of carboxylic acid groups (broad SMARTS) is 1. The van der Waals surface area contributed by atoms with Crippen molar-refractivity contribution in [2.75, 3.05) is 0 Å². The van der Waals surface area contributed by atoms with Crippen molar-refractivity contribution in [3.8, 4) is 0 Å². The number of hydrogen-bond donors (Lipinski definition) is 2. The standard InChI is InChI=1S/C7H4O3S/c8-7(9)3-1-5-6(11)2-4(3)10-5/h1-2,11H,(H,8,9). The van der Waals surface area contributed by atoms with Crippen LogP contribution in [0.1, 0.15) is 10.4 Å². The van der Waals surface area contributed by atoms with E-state index in [0.717, 1.165) is 0 Å². The van der Waals surface area contributed by atoms with Crippen LogP contribution >= 0.6 is 12.6 Å². The van der Waals surface area contributed by atoms with Crippen LogP contribution in [-0.4, -0.2) is 11.1 Å². The summed E-state index contributed by atoms with van der Waals surface area (Å²) >= 11 is 4.05. The van der Waals surface area contributed by atoms with E-state index in [4.69, 9.17) is 9.52 Å². The molecule has 0 saturated heterocycles. The SMILES string of the molecule is O=C(O)c1cc2oc1cc2S. The zero-order valence-corrected chi connectivity index (χ0v) is 6.26. The molecule has 2 aromatic rings. The van der Waals surface area contributed by atoms with Crippen molar-refractivity contribution in [1.82, 2.24) is 0 Å². The van der Waals surface area contributed by atoms with Crippen molar-refractivity contribution >= 4 is 29.8 Å². The van der Waals surface area contributed by atoms with Crippen LogP contribution in [0, 0.1) is 0 Å². The molecular formula is C7H4O3S. The molecule has 0 aliphatic carbocycles. The number of carboxylic acids is 1. The molecule has 0 aromatic carbocycles. The minimum atomic E-state index is -0.966. The lowest BCUT2D eigenvalue weighted by molar-refractivity contribution is 0.0699. The van der Waals surface area contributed by atoms with E-state index >= 15 is 0 Å². The number of fused-ring (bicyclic) bond motifs is 2. The Morgan fingerprint density at radius 2 is 2.18 bits per heavy atom. The van der Waals surface area contributed by atoms with Crippen LogP contribution in [0.25, 0.3) is 11.2 Å². The van der Waals surface area contributed by atoms with Gasteiger partial charge in [-0.3, -0.25) is 0 Å². The molecule has 2 rings (SSSR count). The van der Waals surface area contributed by atoms with Gasteiger partial charge in [0.1, 0.15) is 16.7 Å². The molecule has 0 atom stereocenters. The molecule has 56 valence electrons. The molecule has 2 aromatic heterocycles. The summed E-state index contributed by atoms with van der Waals surface area (Å²) < 4.78 is 5.05. The maximum atomic E-state index is 10.5. The van der Waals surface area contributed by atoms with E-state index in [-0.39, 0.29) is 5.56 Å². The van der Waals surface area contributed by atoms with Gasteiger partial charge in [-0.1, -0.05) is 0 Å². The Labute approximate surface area is 67.4 Å². The quantitative estimate of drug-likeness (QED) is 0.639.